The van der Waals surface area contributed by atoms with Gasteiger partial charge in [0.05, 0.1) is 15.7 Å². The molecule has 1 aromatic rings. The van der Waals surface area contributed by atoms with E-state index in [-0.39, 0.29) is 5.91 Å². The maximum absolute atomic E-state index is 11.9. The maximum Gasteiger partial charge on any atom is 0.230 e. The van der Waals surface area contributed by atoms with Crippen molar-refractivity contribution in [2.24, 2.45) is 0 Å². The lowest BCUT2D eigenvalue weighted by Crippen LogP contribution is -2.35. The van der Waals surface area contributed by atoms with E-state index in [0.717, 1.165) is 22.7 Å². The first-order valence-corrected chi connectivity index (χ1v) is 8.60. The number of hydrogen-bond acceptors (Lipinski definition) is 5. The summed E-state index contributed by atoms with van der Waals surface area (Å²) in [5, 5.41) is 3.72. The normalized spacial score (nSPS) is 17.1. The van der Waals surface area contributed by atoms with Gasteiger partial charge >= 0.3 is 0 Å². The third kappa shape index (κ3) is 4.69. The average Bonchev–Trinajstić information content (AvgIpc) is 2.56. The van der Waals surface area contributed by atoms with Crippen molar-refractivity contribution in [3.05, 3.63) is 5.69 Å². The van der Waals surface area contributed by atoms with Gasteiger partial charge in [0, 0.05) is 6.04 Å². The fourth-order valence-electron chi connectivity index (χ4n) is 2.36. The van der Waals surface area contributed by atoms with Crippen LogP contribution in [-0.2, 0) is 4.79 Å². The zero-order chi connectivity index (χ0) is 13.7. The predicted molar refractivity (Wildman–Crippen MR) is 81.6 cm³/mol. The summed E-state index contributed by atoms with van der Waals surface area (Å²) < 4.78 is 1.05. The molecule has 19 heavy (non-hydrogen) atoms. The summed E-state index contributed by atoms with van der Waals surface area (Å²) in [6.45, 7) is 1.93. The van der Waals surface area contributed by atoms with Gasteiger partial charge in [-0.05, 0) is 19.8 Å². The lowest BCUT2D eigenvalue weighted by atomic mass is 10.1. The van der Waals surface area contributed by atoms with Crippen molar-refractivity contribution >= 4 is 34.1 Å². The molecule has 0 aliphatic heterocycles. The lowest BCUT2D eigenvalue weighted by molar-refractivity contribution is -0.119. The number of amides is 1. The molecule has 1 amide bonds. The number of carbonyl (C=O) groups excluding carboxylic acids is 1. The number of aryl methyl sites for hydroxylation is 1. The molecule has 0 unspecified atom stereocenters. The van der Waals surface area contributed by atoms with Gasteiger partial charge < -0.3 is 11.1 Å². The van der Waals surface area contributed by atoms with Gasteiger partial charge in [-0.1, -0.05) is 37.0 Å². The van der Waals surface area contributed by atoms with Crippen LogP contribution in [-0.4, -0.2) is 22.7 Å². The highest BCUT2D eigenvalue weighted by Crippen LogP contribution is 2.30. The van der Waals surface area contributed by atoms with Gasteiger partial charge in [-0.2, -0.15) is 0 Å². The monoisotopic (exact) mass is 299 g/mol. The topological polar surface area (TPSA) is 68.0 Å². The highest BCUT2D eigenvalue weighted by Gasteiger charge is 2.15. The van der Waals surface area contributed by atoms with E-state index in [4.69, 9.17) is 5.73 Å². The molecule has 0 spiro atoms. The number of nitrogens with one attached hydrogen (secondary N) is 1. The second-order valence-corrected chi connectivity index (χ2v) is 7.24. The number of carbonyl (C=O) groups is 1. The van der Waals surface area contributed by atoms with Crippen molar-refractivity contribution in [3.8, 4) is 0 Å². The molecule has 1 aromatic heterocycles. The van der Waals surface area contributed by atoms with E-state index in [1.165, 1.54) is 48.8 Å². The third-order valence-electron chi connectivity index (χ3n) is 3.33. The van der Waals surface area contributed by atoms with Crippen LogP contribution < -0.4 is 11.1 Å². The first kappa shape index (κ1) is 14.7. The molecular formula is C13H21N3OS2. The molecule has 106 valence electrons. The number of nitrogens with zero attached hydrogens (tertiary/aromatic N) is 1. The summed E-state index contributed by atoms with van der Waals surface area (Å²) in [6, 6.07) is 0.378. The van der Waals surface area contributed by atoms with Gasteiger partial charge in [-0.25, -0.2) is 4.98 Å². The molecule has 0 atom stereocenters. The number of hydrogen-bond donors (Lipinski definition) is 2. The third-order valence-corrected chi connectivity index (χ3v) is 5.67. The van der Waals surface area contributed by atoms with Gasteiger partial charge in [0.1, 0.15) is 0 Å². The van der Waals surface area contributed by atoms with Crippen LogP contribution in [0.1, 0.15) is 44.2 Å². The van der Waals surface area contributed by atoms with E-state index in [1.807, 2.05) is 6.92 Å². The Labute approximate surface area is 122 Å². The summed E-state index contributed by atoms with van der Waals surface area (Å²) in [5.74, 6) is 0.585. The van der Waals surface area contributed by atoms with Crippen molar-refractivity contribution in [2.45, 2.75) is 55.7 Å². The number of aromatic nitrogens is 1. The predicted octanol–water partition coefficient (Wildman–Crippen LogP) is 2.96. The van der Waals surface area contributed by atoms with Crippen molar-refractivity contribution in [2.75, 3.05) is 11.5 Å². The largest absolute Gasteiger partial charge is 0.375 e. The van der Waals surface area contributed by atoms with Crippen LogP contribution in [0.15, 0.2) is 4.21 Å². The number of nitrogen functional groups attached to an aromatic ring is 1. The molecule has 0 bridgehead atoms. The van der Waals surface area contributed by atoms with Gasteiger partial charge in [0.25, 0.3) is 0 Å². The summed E-state index contributed by atoms with van der Waals surface area (Å²) in [4.78, 5) is 16.1. The summed E-state index contributed by atoms with van der Waals surface area (Å²) in [7, 11) is 0. The van der Waals surface area contributed by atoms with Gasteiger partial charge in [-0.3, -0.25) is 4.79 Å². The lowest BCUT2D eigenvalue weighted by Gasteiger charge is -2.15. The van der Waals surface area contributed by atoms with Crippen LogP contribution in [0.25, 0.3) is 0 Å². The zero-order valence-electron chi connectivity index (χ0n) is 11.3. The van der Waals surface area contributed by atoms with Crippen LogP contribution in [0.3, 0.4) is 0 Å². The van der Waals surface area contributed by atoms with Crippen molar-refractivity contribution in [1.82, 2.24) is 10.3 Å². The van der Waals surface area contributed by atoms with Crippen LogP contribution in [0.4, 0.5) is 5.13 Å². The molecule has 1 saturated carbocycles. The Balaban J connectivity index is 1.76. The quantitative estimate of drug-likeness (QED) is 0.662. The molecule has 4 nitrogen and oxygen atoms in total. The summed E-state index contributed by atoms with van der Waals surface area (Å²) in [5.41, 5.74) is 6.57. The molecule has 0 saturated heterocycles. The first-order valence-electron chi connectivity index (χ1n) is 6.80. The van der Waals surface area contributed by atoms with Gasteiger partial charge in [0.15, 0.2) is 5.13 Å². The fourth-order valence-corrected chi connectivity index (χ4v) is 4.20. The van der Waals surface area contributed by atoms with Crippen LogP contribution in [0.2, 0.25) is 0 Å². The molecule has 6 heteroatoms. The molecule has 2 rings (SSSR count). The van der Waals surface area contributed by atoms with Crippen molar-refractivity contribution < 1.29 is 4.79 Å². The smallest absolute Gasteiger partial charge is 0.230 e. The Morgan fingerprint density at radius 3 is 2.68 bits per heavy atom. The van der Waals surface area contributed by atoms with Crippen LogP contribution in [0, 0.1) is 6.92 Å². The average molecular weight is 299 g/mol. The van der Waals surface area contributed by atoms with E-state index in [2.05, 4.69) is 10.3 Å². The molecule has 1 fully saturated rings. The minimum Gasteiger partial charge on any atom is -0.375 e. The van der Waals surface area contributed by atoms with Gasteiger partial charge in [0.2, 0.25) is 5.91 Å². The molecule has 1 heterocycles. The number of thiazole rings is 1. The number of nitrogens with two attached hydrogens (primary N) is 1. The second-order valence-electron chi connectivity index (χ2n) is 4.97. The van der Waals surface area contributed by atoms with Crippen molar-refractivity contribution in [3.63, 3.8) is 0 Å². The van der Waals surface area contributed by atoms with Crippen LogP contribution >= 0.6 is 23.1 Å². The first-order chi connectivity index (χ1) is 9.15. The molecule has 0 aromatic carbocycles. The zero-order valence-corrected chi connectivity index (χ0v) is 12.9. The van der Waals surface area contributed by atoms with Crippen molar-refractivity contribution in [1.29, 1.82) is 0 Å². The molecule has 1 aliphatic carbocycles. The second kappa shape index (κ2) is 7.14. The Morgan fingerprint density at radius 1 is 1.42 bits per heavy atom. The standard InChI is InChI=1S/C13H21N3OS2/c1-9-12(19-13(14)15-9)18-8-11(17)16-10-6-4-2-3-5-7-10/h10H,2-8H2,1H3,(H2,14,15)(H,16,17). The Kier molecular flexibility index (Phi) is 5.51. The Hall–Kier alpha value is -0.750. The summed E-state index contributed by atoms with van der Waals surface area (Å²) in [6.07, 6.45) is 7.35. The van der Waals surface area contributed by atoms with Crippen LogP contribution in [0.5, 0.6) is 0 Å². The maximum atomic E-state index is 11.9. The minimum atomic E-state index is 0.128. The molecular weight excluding hydrogens is 278 g/mol. The van der Waals surface area contributed by atoms with E-state index >= 15 is 0 Å². The SMILES string of the molecule is Cc1nc(N)sc1SCC(=O)NC1CCCCCC1. The van der Waals surface area contributed by atoms with E-state index in [1.54, 1.807) is 0 Å². The Morgan fingerprint density at radius 2 is 2.11 bits per heavy atom. The number of rotatable bonds is 4. The summed E-state index contributed by atoms with van der Waals surface area (Å²) >= 11 is 2.99. The highest BCUT2D eigenvalue weighted by atomic mass is 32.2. The minimum absolute atomic E-state index is 0.128. The van der Waals surface area contributed by atoms with E-state index in [0.29, 0.717) is 16.9 Å². The van der Waals surface area contributed by atoms with Gasteiger partial charge in [-0.15, -0.1) is 11.8 Å². The molecule has 0 radical (unpaired) electrons. The fraction of sp³-hybridized carbons (Fsp3) is 0.692. The number of anilines is 1. The Bertz CT molecular complexity index is 426. The van der Waals surface area contributed by atoms with E-state index in [9.17, 15) is 4.79 Å². The van der Waals surface area contributed by atoms with E-state index < -0.39 is 0 Å². The highest BCUT2D eigenvalue weighted by molar-refractivity contribution is 8.01. The molecule has 1 aliphatic rings. The number of thioether (sulfide) groups is 1. The molecule has 3 N–H and O–H groups in total.